The van der Waals surface area contributed by atoms with Crippen LogP contribution in [0.2, 0.25) is 0 Å². The summed E-state index contributed by atoms with van der Waals surface area (Å²) in [6.45, 7) is 12.9. The van der Waals surface area contributed by atoms with Gasteiger partial charge in [0.2, 0.25) is 0 Å². The van der Waals surface area contributed by atoms with Gasteiger partial charge in [0.25, 0.3) is 11.7 Å². The van der Waals surface area contributed by atoms with Crippen LogP contribution < -0.4 is 19.1 Å². The number of Topliss-reactive ketones (excluding diaryl/α,β-unsaturated/α-hetero) is 1. The molecule has 1 heterocycles. The second-order valence-electron chi connectivity index (χ2n) is 10.7. The van der Waals surface area contributed by atoms with Gasteiger partial charge in [0, 0.05) is 16.8 Å². The lowest BCUT2D eigenvalue weighted by Gasteiger charge is -2.26. The lowest BCUT2D eigenvalue weighted by atomic mass is 9.84. The van der Waals surface area contributed by atoms with Crippen molar-refractivity contribution in [2.45, 2.75) is 53.0 Å². The zero-order valence-electron chi connectivity index (χ0n) is 24.4. The van der Waals surface area contributed by atoms with Crippen LogP contribution in [0.25, 0.3) is 5.76 Å². The highest BCUT2D eigenvalue weighted by molar-refractivity contribution is 6.51. The number of anilines is 1. The maximum atomic E-state index is 13.6. The number of ketones is 1. The Morgan fingerprint density at radius 2 is 1.46 bits per heavy atom. The molecule has 0 spiro atoms. The number of phenols is 1. The van der Waals surface area contributed by atoms with Crippen molar-refractivity contribution in [3.63, 3.8) is 0 Å². The number of ether oxygens (including phenoxy) is 3. The maximum absolute atomic E-state index is 13.6. The van der Waals surface area contributed by atoms with E-state index in [1.165, 1.54) is 11.0 Å². The highest BCUT2D eigenvalue weighted by atomic mass is 16.5. The Bertz CT molecular complexity index is 1470. The molecule has 1 unspecified atom stereocenters. The van der Waals surface area contributed by atoms with Crippen LogP contribution in [0.4, 0.5) is 5.69 Å². The van der Waals surface area contributed by atoms with Crippen molar-refractivity contribution in [2.24, 2.45) is 0 Å². The molecule has 1 saturated heterocycles. The summed E-state index contributed by atoms with van der Waals surface area (Å²) in [7, 11) is 0. The van der Waals surface area contributed by atoms with E-state index in [4.69, 9.17) is 14.2 Å². The number of aliphatic hydroxyl groups excluding tert-OH is 1. The minimum Gasteiger partial charge on any atom is -0.507 e. The molecule has 3 aromatic rings. The first-order valence-electron chi connectivity index (χ1n) is 13.8. The molecule has 8 nitrogen and oxygen atoms in total. The number of hydrogen-bond acceptors (Lipinski definition) is 7. The number of phenolic OH excluding ortho intramolecular Hbond substituents is 1. The molecule has 4 rings (SSSR count). The van der Waals surface area contributed by atoms with E-state index in [9.17, 15) is 19.8 Å². The van der Waals surface area contributed by atoms with Gasteiger partial charge in [-0.25, -0.2) is 0 Å². The average Bonchev–Trinajstić information content (AvgIpc) is 3.20. The van der Waals surface area contributed by atoms with E-state index in [1.807, 2.05) is 34.6 Å². The Kier molecular flexibility index (Phi) is 8.61. The summed E-state index contributed by atoms with van der Waals surface area (Å²) in [6, 6.07) is 15.7. The molecule has 0 radical (unpaired) electrons. The van der Waals surface area contributed by atoms with Gasteiger partial charge in [-0.05, 0) is 86.3 Å². The molecule has 8 heteroatoms. The van der Waals surface area contributed by atoms with E-state index in [0.717, 1.165) is 5.56 Å². The summed E-state index contributed by atoms with van der Waals surface area (Å²) in [5, 5.41) is 22.0. The van der Waals surface area contributed by atoms with E-state index < -0.39 is 17.7 Å². The van der Waals surface area contributed by atoms with Crippen molar-refractivity contribution in [2.75, 3.05) is 24.7 Å². The fourth-order valence-electron chi connectivity index (χ4n) is 4.96. The first-order chi connectivity index (χ1) is 19.5. The normalized spacial score (nSPS) is 16.6. The molecule has 1 atom stereocenters. The standard InChI is InChI=1S/C33H37NO7/c1-7-39-23-14-12-22(13-15-23)34-29(20-10-16-25(35)27(19-20)41-9-3)28(31(37)32(34)38)30(36)21-11-17-26(40-8-2)24(18-21)33(4,5)6/h10-19,29,35-36H,7-9H2,1-6H3/b30-28+. The fourth-order valence-corrected chi connectivity index (χ4v) is 4.96. The summed E-state index contributed by atoms with van der Waals surface area (Å²) in [5.74, 6) is -0.471. The number of rotatable bonds is 9. The zero-order valence-corrected chi connectivity index (χ0v) is 24.4. The lowest BCUT2D eigenvalue weighted by Crippen LogP contribution is -2.29. The SMILES string of the molecule is CCOc1ccc(N2C(=O)C(=O)/C(=C(/O)c3ccc(OCC)c(C(C)(C)C)c3)C2c2ccc(O)c(OCC)c2)cc1. The minimum absolute atomic E-state index is 0.0685. The van der Waals surface area contributed by atoms with Gasteiger partial charge < -0.3 is 24.4 Å². The van der Waals surface area contributed by atoms with Crippen LogP contribution in [0.3, 0.4) is 0 Å². The molecule has 216 valence electrons. The molecule has 1 fully saturated rings. The van der Waals surface area contributed by atoms with Crippen LogP contribution in [0.15, 0.2) is 66.2 Å². The minimum atomic E-state index is -0.989. The number of aliphatic hydroxyl groups is 1. The van der Waals surface area contributed by atoms with E-state index in [1.54, 1.807) is 61.5 Å². The van der Waals surface area contributed by atoms with E-state index in [0.29, 0.717) is 48.1 Å². The molecule has 1 aliphatic heterocycles. The van der Waals surface area contributed by atoms with E-state index in [2.05, 4.69) is 0 Å². The van der Waals surface area contributed by atoms with Crippen LogP contribution in [0.5, 0.6) is 23.0 Å². The molecule has 41 heavy (non-hydrogen) atoms. The third-order valence-electron chi connectivity index (χ3n) is 6.83. The Hall–Kier alpha value is -4.46. The van der Waals surface area contributed by atoms with Gasteiger partial charge in [-0.2, -0.15) is 0 Å². The zero-order chi connectivity index (χ0) is 29.9. The molecule has 0 bridgehead atoms. The summed E-state index contributed by atoms with van der Waals surface area (Å²) >= 11 is 0. The van der Waals surface area contributed by atoms with Gasteiger partial charge in [-0.15, -0.1) is 0 Å². The first kappa shape index (κ1) is 29.5. The Labute approximate surface area is 240 Å². The van der Waals surface area contributed by atoms with Crippen molar-refractivity contribution >= 4 is 23.1 Å². The number of aromatic hydroxyl groups is 1. The molecular weight excluding hydrogens is 522 g/mol. The summed E-state index contributed by atoms with van der Waals surface area (Å²) in [4.78, 5) is 28.6. The molecule has 1 amide bonds. The highest BCUT2D eigenvalue weighted by Crippen LogP contribution is 2.45. The molecule has 1 aliphatic rings. The third-order valence-corrected chi connectivity index (χ3v) is 6.83. The number of benzene rings is 3. The predicted molar refractivity (Wildman–Crippen MR) is 158 cm³/mol. The monoisotopic (exact) mass is 559 g/mol. The molecule has 3 aromatic carbocycles. The van der Waals surface area contributed by atoms with Gasteiger partial charge in [-0.3, -0.25) is 14.5 Å². The number of amides is 1. The number of hydrogen-bond donors (Lipinski definition) is 2. The van der Waals surface area contributed by atoms with Crippen molar-refractivity contribution in [3.8, 4) is 23.0 Å². The van der Waals surface area contributed by atoms with Crippen molar-refractivity contribution < 1.29 is 34.0 Å². The quantitative estimate of drug-likeness (QED) is 0.175. The summed E-state index contributed by atoms with van der Waals surface area (Å²) in [6.07, 6.45) is 0. The van der Waals surface area contributed by atoms with Crippen LogP contribution >= 0.6 is 0 Å². The van der Waals surface area contributed by atoms with Gasteiger partial charge in [0.1, 0.15) is 17.3 Å². The Balaban J connectivity index is 1.94. The van der Waals surface area contributed by atoms with Crippen LogP contribution in [-0.4, -0.2) is 41.7 Å². The molecular formula is C33H37NO7. The van der Waals surface area contributed by atoms with Gasteiger partial charge >= 0.3 is 0 Å². The molecule has 0 saturated carbocycles. The fraction of sp³-hybridized carbons (Fsp3) is 0.333. The Morgan fingerprint density at radius 3 is 2.07 bits per heavy atom. The van der Waals surface area contributed by atoms with Crippen molar-refractivity contribution in [1.29, 1.82) is 0 Å². The number of nitrogens with zero attached hydrogens (tertiary/aromatic N) is 1. The van der Waals surface area contributed by atoms with E-state index in [-0.39, 0.29) is 28.2 Å². The molecule has 0 aliphatic carbocycles. The van der Waals surface area contributed by atoms with Crippen LogP contribution in [0, 0.1) is 0 Å². The Morgan fingerprint density at radius 1 is 0.829 bits per heavy atom. The second-order valence-corrected chi connectivity index (χ2v) is 10.7. The topological polar surface area (TPSA) is 106 Å². The van der Waals surface area contributed by atoms with E-state index >= 15 is 0 Å². The van der Waals surface area contributed by atoms with Gasteiger partial charge in [0.15, 0.2) is 11.5 Å². The average molecular weight is 560 g/mol. The van der Waals surface area contributed by atoms with Gasteiger partial charge in [0.05, 0.1) is 31.4 Å². The third kappa shape index (κ3) is 5.87. The predicted octanol–water partition coefficient (Wildman–Crippen LogP) is 6.51. The molecule has 2 N–H and O–H groups in total. The second kappa shape index (κ2) is 12.0. The van der Waals surface area contributed by atoms with Crippen molar-refractivity contribution in [1.82, 2.24) is 0 Å². The lowest BCUT2D eigenvalue weighted by molar-refractivity contribution is -0.132. The van der Waals surface area contributed by atoms with Crippen molar-refractivity contribution in [3.05, 3.63) is 82.9 Å². The highest BCUT2D eigenvalue weighted by Gasteiger charge is 2.47. The van der Waals surface area contributed by atoms with Crippen LogP contribution in [-0.2, 0) is 15.0 Å². The largest absolute Gasteiger partial charge is 0.507 e. The first-order valence-corrected chi connectivity index (χ1v) is 13.8. The summed E-state index contributed by atoms with van der Waals surface area (Å²) < 4.78 is 17.0. The molecule has 0 aromatic heterocycles. The maximum Gasteiger partial charge on any atom is 0.300 e. The number of carbonyl (C=O) groups is 2. The van der Waals surface area contributed by atoms with Gasteiger partial charge in [-0.1, -0.05) is 26.8 Å². The number of carbonyl (C=O) groups excluding carboxylic acids is 2. The summed E-state index contributed by atoms with van der Waals surface area (Å²) in [5.41, 5.74) is 1.79. The van der Waals surface area contributed by atoms with Crippen LogP contribution in [0.1, 0.15) is 64.3 Å². The smallest absolute Gasteiger partial charge is 0.300 e.